The second kappa shape index (κ2) is 17.1. The molecule has 0 heterocycles. The summed E-state index contributed by atoms with van der Waals surface area (Å²) >= 11 is 0. The molecule has 0 saturated heterocycles. The Morgan fingerprint density at radius 3 is 1.53 bits per heavy atom. The van der Waals surface area contributed by atoms with E-state index in [-0.39, 0.29) is 12.8 Å². The van der Waals surface area contributed by atoms with E-state index in [1.54, 1.807) is 0 Å². The molecule has 0 aliphatic carbocycles. The van der Waals surface area contributed by atoms with Crippen LogP contribution in [0.5, 0.6) is 23.0 Å². The van der Waals surface area contributed by atoms with Crippen LogP contribution < -0.4 is 18.9 Å². The number of benzene rings is 4. The third kappa shape index (κ3) is 9.80. The molecular formula is C45H52O8. The number of fused-ring (bicyclic) bond motifs is 2. The molecule has 0 bridgehead atoms. The minimum atomic E-state index is -0.609. The molecule has 0 spiro atoms. The van der Waals surface area contributed by atoms with Gasteiger partial charge in [0.25, 0.3) is 0 Å². The highest BCUT2D eigenvalue weighted by Crippen LogP contribution is 2.47. The van der Waals surface area contributed by atoms with Crippen LogP contribution >= 0.6 is 0 Å². The van der Waals surface area contributed by atoms with E-state index in [2.05, 4.69) is 40.7 Å². The van der Waals surface area contributed by atoms with Crippen molar-refractivity contribution in [3.8, 4) is 23.0 Å². The Labute approximate surface area is 313 Å². The standard InChI is InChI=1S/C45H52O8/c1-26(2)20-21-33-29(6)41(34-16-12-14-18-36(34)43(33)50-31(8)46)52-38(48)22-23-39(49)53-42-30(7)40(45(10,11)25-28(5)24-27(3)4)44(51-32(9)47)37-19-15-13-17-35(37)42/h12-20,25,27H,21-24H2,1-11H3/b28-25+. The molecule has 0 atom stereocenters. The van der Waals surface area contributed by atoms with E-state index in [9.17, 15) is 19.2 Å². The van der Waals surface area contributed by atoms with Crippen LogP contribution in [0.2, 0.25) is 0 Å². The molecule has 4 aromatic rings. The second-order valence-corrected chi connectivity index (χ2v) is 14.9. The van der Waals surface area contributed by atoms with Gasteiger partial charge in [0.1, 0.15) is 23.0 Å². The molecule has 0 aliphatic heterocycles. The van der Waals surface area contributed by atoms with Crippen molar-refractivity contribution < 1.29 is 38.1 Å². The van der Waals surface area contributed by atoms with Crippen LogP contribution in [0.15, 0.2) is 71.8 Å². The molecule has 0 N–H and O–H groups in total. The van der Waals surface area contributed by atoms with E-state index in [0.29, 0.717) is 68.0 Å². The Balaban J connectivity index is 1.68. The van der Waals surface area contributed by atoms with Crippen molar-refractivity contribution in [1.29, 1.82) is 0 Å². The van der Waals surface area contributed by atoms with E-state index < -0.39 is 29.3 Å². The van der Waals surface area contributed by atoms with Crippen LogP contribution in [0.3, 0.4) is 0 Å². The van der Waals surface area contributed by atoms with Gasteiger partial charge < -0.3 is 18.9 Å². The molecule has 0 amide bonds. The fourth-order valence-electron chi connectivity index (χ4n) is 7.08. The van der Waals surface area contributed by atoms with E-state index in [4.69, 9.17) is 18.9 Å². The SMILES string of the molecule is CC(=O)Oc1c(CC=C(C)C)c(C)c(OC(=O)CCC(=O)Oc2c(C)c(C(C)(C)/C=C(\C)CC(C)C)c(OC(C)=O)c3ccccc23)c2ccccc12. The zero-order chi connectivity index (χ0) is 39.2. The number of hydrogen-bond acceptors (Lipinski definition) is 8. The molecule has 8 heteroatoms. The highest BCUT2D eigenvalue weighted by Gasteiger charge is 2.31. The average molecular weight is 721 g/mol. The van der Waals surface area contributed by atoms with Gasteiger partial charge in [-0.2, -0.15) is 0 Å². The van der Waals surface area contributed by atoms with Crippen molar-refractivity contribution in [3.63, 3.8) is 0 Å². The minimum Gasteiger partial charge on any atom is -0.426 e. The van der Waals surface area contributed by atoms with E-state index in [1.165, 1.54) is 19.4 Å². The fourth-order valence-corrected chi connectivity index (χ4v) is 7.08. The predicted octanol–water partition coefficient (Wildman–Crippen LogP) is 10.5. The van der Waals surface area contributed by atoms with Crippen LogP contribution in [0.25, 0.3) is 21.5 Å². The summed E-state index contributed by atoms with van der Waals surface area (Å²) in [4.78, 5) is 51.5. The zero-order valence-electron chi connectivity index (χ0n) is 32.9. The van der Waals surface area contributed by atoms with Crippen molar-refractivity contribution in [1.82, 2.24) is 0 Å². The summed E-state index contributed by atoms with van der Waals surface area (Å²) in [5.41, 5.74) is 4.47. The van der Waals surface area contributed by atoms with Crippen molar-refractivity contribution in [3.05, 3.63) is 94.1 Å². The van der Waals surface area contributed by atoms with E-state index >= 15 is 0 Å². The summed E-state index contributed by atoms with van der Waals surface area (Å²) < 4.78 is 23.6. The lowest BCUT2D eigenvalue weighted by molar-refractivity contribution is -0.140. The van der Waals surface area contributed by atoms with Gasteiger partial charge in [0.2, 0.25) is 0 Å². The molecule has 4 aromatic carbocycles. The Morgan fingerprint density at radius 1 is 0.642 bits per heavy atom. The monoisotopic (exact) mass is 720 g/mol. The molecule has 0 radical (unpaired) electrons. The van der Waals surface area contributed by atoms with Crippen molar-refractivity contribution in [2.45, 2.75) is 107 Å². The molecule has 0 aliphatic rings. The Morgan fingerprint density at radius 2 is 1.08 bits per heavy atom. The third-order valence-corrected chi connectivity index (χ3v) is 9.00. The number of hydrogen-bond donors (Lipinski definition) is 0. The summed E-state index contributed by atoms with van der Waals surface area (Å²) in [5.74, 6) is -0.101. The Bertz CT molecular complexity index is 2130. The van der Waals surface area contributed by atoms with Crippen molar-refractivity contribution >= 4 is 45.4 Å². The first-order valence-electron chi connectivity index (χ1n) is 18.1. The molecule has 4 rings (SSSR count). The lowest BCUT2D eigenvalue weighted by Gasteiger charge is -2.29. The van der Waals surface area contributed by atoms with Gasteiger partial charge in [0.15, 0.2) is 0 Å². The average Bonchev–Trinajstić information content (AvgIpc) is 3.05. The van der Waals surface area contributed by atoms with Gasteiger partial charge in [-0.3, -0.25) is 19.2 Å². The molecule has 8 nitrogen and oxygen atoms in total. The van der Waals surface area contributed by atoms with Gasteiger partial charge in [-0.1, -0.05) is 99.5 Å². The van der Waals surface area contributed by atoms with Crippen LogP contribution in [-0.2, 0) is 31.0 Å². The predicted molar refractivity (Wildman–Crippen MR) is 210 cm³/mol. The van der Waals surface area contributed by atoms with Gasteiger partial charge in [0, 0.05) is 57.5 Å². The quantitative estimate of drug-likeness (QED) is 0.0763. The maximum absolute atomic E-state index is 13.5. The first-order valence-corrected chi connectivity index (χ1v) is 18.1. The summed E-state index contributed by atoms with van der Waals surface area (Å²) in [6.45, 7) is 20.9. The number of esters is 4. The fraction of sp³-hybridized carbons (Fsp3) is 0.378. The van der Waals surface area contributed by atoms with Gasteiger partial charge in [-0.05, 0) is 58.9 Å². The van der Waals surface area contributed by atoms with Gasteiger partial charge in [-0.25, -0.2) is 0 Å². The lowest BCUT2D eigenvalue weighted by atomic mass is 9.77. The number of carbonyl (C=O) groups excluding carboxylic acids is 4. The molecular weight excluding hydrogens is 668 g/mol. The van der Waals surface area contributed by atoms with Gasteiger partial charge in [-0.15, -0.1) is 0 Å². The molecule has 53 heavy (non-hydrogen) atoms. The summed E-state index contributed by atoms with van der Waals surface area (Å²) in [6, 6.07) is 14.6. The zero-order valence-corrected chi connectivity index (χ0v) is 32.9. The minimum absolute atomic E-state index is 0.237. The number of ether oxygens (including phenoxy) is 4. The van der Waals surface area contributed by atoms with E-state index in [0.717, 1.165) is 23.1 Å². The van der Waals surface area contributed by atoms with Crippen LogP contribution in [-0.4, -0.2) is 23.9 Å². The maximum atomic E-state index is 13.5. The Hall–Kier alpha value is -5.24. The Kier molecular flexibility index (Phi) is 13.0. The normalized spacial score (nSPS) is 11.8. The highest BCUT2D eigenvalue weighted by molar-refractivity contribution is 6.00. The van der Waals surface area contributed by atoms with Crippen molar-refractivity contribution in [2.24, 2.45) is 5.92 Å². The van der Waals surface area contributed by atoms with Gasteiger partial charge in [0.05, 0.1) is 12.8 Å². The van der Waals surface area contributed by atoms with E-state index in [1.807, 2.05) is 82.3 Å². The van der Waals surface area contributed by atoms with Crippen LogP contribution in [0.4, 0.5) is 0 Å². The van der Waals surface area contributed by atoms with Crippen molar-refractivity contribution in [2.75, 3.05) is 0 Å². The summed E-state index contributed by atoms with van der Waals surface area (Å²) in [6.07, 6.45) is 5.09. The van der Waals surface area contributed by atoms with Crippen LogP contribution in [0, 0.1) is 19.8 Å². The smallest absolute Gasteiger partial charge is 0.311 e. The topological polar surface area (TPSA) is 105 Å². The third-order valence-electron chi connectivity index (χ3n) is 9.00. The summed E-state index contributed by atoms with van der Waals surface area (Å²) in [5, 5.41) is 2.50. The highest BCUT2D eigenvalue weighted by atomic mass is 16.6. The number of allylic oxidation sites excluding steroid dienone is 4. The summed E-state index contributed by atoms with van der Waals surface area (Å²) in [7, 11) is 0. The van der Waals surface area contributed by atoms with Crippen LogP contribution in [0.1, 0.15) is 104 Å². The number of carbonyl (C=O) groups is 4. The maximum Gasteiger partial charge on any atom is 0.311 e. The largest absolute Gasteiger partial charge is 0.426 e. The molecule has 280 valence electrons. The first-order chi connectivity index (χ1) is 24.9. The number of rotatable bonds is 13. The van der Waals surface area contributed by atoms with Gasteiger partial charge >= 0.3 is 23.9 Å². The molecule has 0 aromatic heterocycles. The second-order valence-electron chi connectivity index (χ2n) is 14.9. The first kappa shape index (κ1) is 40.5. The molecule has 0 unspecified atom stereocenters. The molecule has 0 fully saturated rings. The lowest BCUT2D eigenvalue weighted by Crippen LogP contribution is -2.21. The molecule has 0 saturated carbocycles.